The molecule has 0 unspecified atom stereocenters. The molecule has 0 bridgehead atoms. The van der Waals surface area contributed by atoms with Crippen molar-refractivity contribution in [3.63, 3.8) is 0 Å². The number of carbonyl (C=O) groups is 1. The van der Waals surface area contributed by atoms with Gasteiger partial charge in [0, 0.05) is 42.7 Å². The largest absolute Gasteiger partial charge is 0.416 e. The van der Waals surface area contributed by atoms with Crippen molar-refractivity contribution in [2.45, 2.75) is 45.2 Å². The smallest absolute Gasteiger partial charge is 0.372 e. The van der Waals surface area contributed by atoms with Crippen molar-refractivity contribution in [3.05, 3.63) is 59.4 Å². The van der Waals surface area contributed by atoms with Crippen molar-refractivity contribution >= 4 is 11.5 Å². The van der Waals surface area contributed by atoms with Crippen molar-refractivity contribution in [2.75, 3.05) is 18.0 Å². The van der Waals surface area contributed by atoms with Crippen LogP contribution in [0.25, 0.3) is 0 Å². The Balaban J connectivity index is 1.41. The molecule has 1 fully saturated rings. The minimum Gasteiger partial charge on any atom is -0.372 e. The van der Waals surface area contributed by atoms with Gasteiger partial charge in [-0.05, 0) is 74.9 Å². The summed E-state index contributed by atoms with van der Waals surface area (Å²) in [5, 5.41) is 0. The van der Waals surface area contributed by atoms with Crippen LogP contribution in [0, 0.1) is 12.8 Å². The number of anilines is 1. The summed E-state index contributed by atoms with van der Waals surface area (Å²) in [5.74, 6) is 0.698. The number of aromatic nitrogens is 1. The molecule has 0 N–H and O–H groups in total. The summed E-state index contributed by atoms with van der Waals surface area (Å²) in [5.41, 5.74) is 1.80. The molecule has 1 aliphatic rings. The van der Waals surface area contributed by atoms with Gasteiger partial charge >= 0.3 is 6.18 Å². The number of halogens is 3. The molecule has 0 radical (unpaired) electrons. The van der Waals surface area contributed by atoms with E-state index in [1.807, 2.05) is 19.1 Å². The second-order valence-corrected chi connectivity index (χ2v) is 7.48. The number of carbonyl (C=O) groups excluding carboxylic acids is 1. The molecule has 0 aliphatic carbocycles. The summed E-state index contributed by atoms with van der Waals surface area (Å²) < 4.78 is 38.0. The molecule has 0 amide bonds. The Morgan fingerprint density at radius 1 is 1.11 bits per heavy atom. The molecular formula is C22H25F3N2O. The monoisotopic (exact) mass is 390 g/mol. The highest BCUT2D eigenvalue weighted by Gasteiger charge is 2.30. The highest BCUT2D eigenvalue weighted by Crippen LogP contribution is 2.32. The second-order valence-electron chi connectivity index (χ2n) is 7.48. The molecule has 0 atom stereocenters. The number of nitrogens with zero attached hydrogens (tertiary/aromatic N) is 2. The maximum absolute atomic E-state index is 12.7. The molecule has 2 aromatic rings. The van der Waals surface area contributed by atoms with Gasteiger partial charge in [-0.25, -0.2) is 0 Å². The van der Waals surface area contributed by atoms with E-state index in [9.17, 15) is 18.0 Å². The van der Waals surface area contributed by atoms with E-state index in [0.717, 1.165) is 62.3 Å². The predicted molar refractivity (Wildman–Crippen MR) is 104 cm³/mol. The molecule has 3 nitrogen and oxygen atoms in total. The third-order valence-corrected chi connectivity index (χ3v) is 5.42. The van der Waals surface area contributed by atoms with Gasteiger partial charge in [0.05, 0.1) is 5.56 Å². The number of hydrogen-bond acceptors (Lipinski definition) is 3. The maximum Gasteiger partial charge on any atom is 0.416 e. The molecular weight excluding hydrogens is 365 g/mol. The van der Waals surface area contributed by atoms with Gasteiger partial charge in [-0.1, -0.05) is 0 Å². The van der Waals surface area contributed by atoms with Gasteiger partial charge in [0.2, 0.25) is 0 Å². The van der Waals surface area contributed by atoms with Crippen LogP contribution in [0.3, 0.4) is 0 Å². The summed E-state index contributed by atoms with van der Waals surface area (Å²) in [6, 6.07) is 9.08. The number of piperidine rings is 1. The average Bonchev–Trinajstić information content (AvgIpc) is 2.68. The molecule has 1 aromatic heterocycles. The van der Waals surface area contributed by atoms with E-state index in [0.29, 0.717) is 17.9 Å². The van der Waals surface area contributed by atoms with Crippen molar-refractivity contribution in [3.8, 4) is 0 Å². The number of alkyl halides is 3. The number of benzene rings is 1. The quantitative estimate of drug-likeness (QED) is 0.595. The molecule has 150 valence electrons. The zero-order valence-corrected chi connectivity index (χ0v) is 16.0. The lowest BCUT2D eigenvalue weighted by atomic mass is 9.90. The van der Waals surface area contributed by atoms with Crippen molar-refractivity contribution in [1.82, 2.24) is 4.98 Å². The van der Waals surface area contributed by atoms with E-state index >= 15 is 0 Å². The predicted octanol–water partition coefficient (Wildman–Crippen LogP) is 5.68. The summed E-state index contributed by atoms with van der Waals surface area (Å²) in [6.07, 6.45) is 1.74. The molecule has 1 aromatic carbocycles. The van der Waals surface area contributed by atoms with Crippen LogP contribution < -0.4 is 4.90 Å². The SMILES string of the molecule is Cc1ccc(C(=O)CCCC2CCN(c3ccc(C(F)(F)F)cc3)CC2)cn1. The van der Waals surface area contributed by atoms with Crippen LogP contribution in [0.1, 0.15) is 53.7 Å². The van der Waals surface area contributed by atoms with Crippen LogP contribution >= 0.6 is 0 Å². The highest BCUT2D eigenvalue weighted by molar-refractivity contribution is 5.95. The Bertz CT molecular complexity index is 777. The fraction of sp³-hybridized carbons (Fsp3) is 0.455. The first-order chi connectivity index (χ1) is 13.3. The number of hydrogen-bond donors (Lipinski definition) is 0. The fourth-order valence-electron chi connectivity index (χ4n) is 3.67. The summed E-state index contributed by atoms with van der Waals surface area (Å²) in [6.45, 7) is 3.57. The Morgan fingerprint density at radius 3 is 2.36 bits per heavy atom. The van der Waals surface area contributed by atoms with Crippen molar-refractivity contribution < 1.29 is 18.0 Å². The molecule has 3 rings (SSSR count). The van der Waals surface area contributed by atoms with Gasteiger partial charge in [0.15, 0.2) is 5.78 Å². The van der Waals surface area contributed by atoms with Gasteiger partial charge in [-0.15, -0.1) is 0 Å². The zero-order valence-electron chi connectivity index (χ0n) is 16.0. The van der Waals surface area contributed by atoms with Gasteiger partial charge in [0.1, 0.15) is 0 Å². The van der Waals surface area contributed by atoms with E-state index in [1.54, 1.807) is 18.3 Å². The standard InChI is InChI=1S/C22H25F3N2O/c1-16-5-6-18(15-26-16)21(28)4-2-3-17-11-13-27(14-12-17)20-9-7-19(8-10-20)22(23,24)25/h5-10,15,17H,2-4,11-14H2,1H3. The molecule has 0 spiro atoms. The molecule has 6 heteroatoms. The molecule has 1 saturated heterocycles. The van der Waals surface area contributed by atoms with Crippen LogP contribution in [-0.2, 0) is 6.18 Å². The Kier molecular flexibility index (Phi) is 6.37. The van der Waals surface area contributed by atoms with Crippen LogP contribution in [0.4, 0.5) is 18.9 Å². The van der Waals surface area contributed by atoms with E-state index in [-0.39, 0.29) is 5.78 Å². The molecule has 28 heavy (non-hydrogen) atoms. The van der Waals surface area contributed by atoms with Crippen molar-refractivity contribution in [1.29, 1.82) is 0 Å². The van der Waals surface area contributed by atoms with E-state index in [1.165, 1.54) is 0 Å². The second kappa shape index (κ2) is 8.76. The lowest BCUT2D eigenvalue weighted by Crippen LogP contribution is -2.33. The average molecular weight is 390 g/mol. The Hall–Kier alpha value is -2.37. The third kappa shape index (κ3) is 5.33. The minimum atomic E-state index is -4.29. The van der Waals surface area contributed by atoms with Crippen LogP contribution in [0.15, 0.2) is 42.6 Å². The van der Waals surface area contributed by atoms with Gasteiger partial charge < -0.3 is 4.90 Å². The van der Waals surface area contributed by atoms with Crippen LogP contribution in [-0.4, -0.2) is 23.9 Å². The van der Waals surface area contributed by atoms with Crippen molar-refractivity contribution in [2.24, 2.45) is 5.92 Å². The van der Waals surface area contributed by atoms with E-state index in [4.69, 9.17) is 0 Å². The van der Waals surface area contributed by atoms with E-state index in [2.05, 4.69) is 9.88 Å². The van der Waals surface area contributed by atoms with Gasteiger partial charge in [0.25, 0.3) is 0 Å². The maximum atomic E-state index is 12.7. The topological polar surface area (TPSA) is 33.2 Å². The lowest BCUT2D eigenvalue weighted by Gasteiger charge is -2.33. The fourth-order valence-corrected chi connectivity index (χ4v) is 3.67. The summed E-state index contributed by atoms with van der Waals surface area (Å²) in [4.78, 5) is 18.5. The van der Waals surface area contributed by atoms with Crippen LogP contribution in [0.5, 0.6) is 0 Å². The first-order valence-corrected chi connectivity index (χ1v) is 9.71. The Labute approximate surface area is 163 Å². The van der Waals surface area contributed by atoms with Gasteiger partial charge in [-0.3, -0.25) is 9.78 Å². The Morgan fingerprint density at radius 2 is 1.79 bits per heavy atom. The molecule has 0 saturated carbocycles. The van der Waals surface area contributed by atoms with E-state index < -0.39 is 11.7 Å². The first-order valence-electron chi connectivity index (χ1n) is 9.71. The lowest BCUT2D eigenvalue weighted by molar-refractivity contribution is -0.137. The molecule has 2 heterocycles. The zero-order chi connectivity index (χ0) is 20.1. The summed E-state index contributed by atoms with van der Waals surface area (Å²) in [7, 11) is 0. The third-order valence-electron chi connectivity index (χ3n) is 5.42. The first kappa shape index (κ1) is 20.4. The number of pyridine rings is 1. The minimum absolute atomic E-state index is 0.134. The normalized spacial score (nSPS) is 15.6. The van der Waals surface area contributed by atoms with Gasteiger partial charge in [-0.2, -0.15) is 13.2 Å². The number of Topliss-reactive ketones (excluding diaryl/α,β-unsaturated/α-hetero) is 1. The van der Waals surface area contributed by atoms with Crippen LogP contribution in [0.2, 0.25) is 0 Å². The number of ketones is 1. The number of aryl methyl sites for hydroxylation is 1. The number of rotatable bonds is 6. The summed E-state index contributed by atoms with van der Waals surface area (Å²) >= 11 is 0. The highest BCUT2D eigenvalue weighted by atomic mass is 19.4. The molecule has 1 aliphatic heterocycles.